The van der Waals surface area contributed by atoms with Crippen molar-refractivity contribution in [2.45, 2.75) is 19.8 Å². The highest BCUT2D eigenvalue weighted by molar-refractivity contribution is 5.69. The van der Waals surface area contributed by atoms with Crippen LogP contribution >= 0.6 is 0 Å². The largest absolute Gasteiger partial charge is 0.480 e. The molecule has 2 aliphatic heterocycles. The van der Waals surface area contributed by atoms with Gasteiger partial charge in [-0.25, -0.2) is 0 Å². The summed E-state index contributed by atoms with van der Waals surface area (Å²) in [4.78, 5) is 15.1. The number of rotatable bonds is 4. The predicted octanol–water partition coefficient (Wildman–Crippen LogP) is 0.489. The molecule has 0 saturated carbocycles. The fraction of sp³-hybridized carbons (Fsp3) is 0.909. The third-order valence-electron chi connectivity index (χ3n) is 3.53. The second-order valence-electron chi connectivity index (χ2n) is 5.07. The van der Waals surface area contributed by atoms with Crippen LogP contribution in [-0.2, 0) is 4.79 Å². The quantitative estimate of drug-likeness (QED) is 0.736. The summed E-state index contributed by atoms with van der Waals surface area (Å²) in [6.45, 7) is 7.98. The lowest BCUT2D eigenvalue weighted by molar-refractivity contribution is -0.141. The standard InChI is InChI=1S/C11H20N2O2/c1-2-4-12-5-3-11(7-12)8-13(9-11)6-10(14)15/h2-9H2,1H3,(H,14,15). The molecule has 2 aliphatic rings. The lowest BCUT2D eigenvalue weighted by atomic mass is 9.79. The number of nitrogens with zero attached hydrogens (tertiary/aromatic N) is 2. The molecule has 0 bridgehead atoms. The second kappa shape index (κ2) is 4.10. The smallest absolute Gasteiger partial charge is 0.317 e. The van der Waals surface area contributed by atoms with Gasteiger partial charge < -0.3 is 10.0 Å². The number of carboxylic acids is 1. The van der Waals surface area contributed by atoms with Crippen LogP contribution in [0.1, 0.15) is 19.8 Å². The molecule has 0 aromatic carbocycles. The van der Waals surface area contributed by atoms with Gasteiger partial charge in [0, 0.05) is 25.0 Å². The molecular weight excluding hydrogens is 192 g/mol. The van der Waals surface area contributed by atoms with E-state index < -0.39 is 5.97 Å². The Morgan fingerprint density at radius 1 is 1.33 bits per heavy atom. The lowest BCUT2D eigenvalue weighted by Gasteiger charge is -2.47. The van der Waals surface area contributed by atoms with Crippen LogP contribution in [-0.4, -0.2) is 60.1 Å². The van der Waals surface area contributed by atoms with Crippen LogP contribution in [0.15, 0.2) is 0 Å². The Bertz CT molecular complexity index is 249. The highest BCUT2D eigenvalue weighted by Crippen LogP contribution is 2.39. The van der Waals surface area contributed by atoms with E-state index in [0.717, 1.165) is 13.1 Å². The van der Waals surface area contributed by atoms with Crippen LogP contribution in [0.5, 0.6) is 0 Å². The number of aliphatic carboxylic acids is 1. The maximum absolute atomic E-state index is 10.5. The van der Waals surface area contributed by atoms with Gasteiger partial charge in [0.1, 0.15) is 0 Å². The van der Waals surface area contributed by atoms with Crippen LogP contribution < -0.4 is 0 Å². The molecule has 0 aliphatic carbocycles. The van der Waals surface area contributed by atoms with Gasteiger partial charge in [0.2, 0.25) is 0 Å². The average Bonchev–Trinajstić information content (AvgIpc) is 2.48. The molecular formula is C11H20N2O2. The fourth-order valence-corrected chi connectivity index (χ4v) is 3.00. The summed E-state index contributed by atoms with van der Waals surface area (Å²) < 4.78 is 0. The Morgan fingerprint density at radius 2 is 2.00 bits per heavy atom. The summed E-state index contributed by atoms with van der Waals surface area (Å²) in [5.41, 5.74) is 0.435. The van der Waals surface area contributed by atoms with Crippen molar-refractivity contribution in [3.05, 3.63) is 0 Å². The molecule has 4 nitrogen and oxygen atoms in total. The SMILES string of the molecule is CCCN1CCC2(C1)CN(CC(=O)O)C2. The first-order chi connectivity index (χ1) is 7.13. The Morgan fingerprint density at radius 3 is 2.60 bits per heavy atom. The average molecular weight is 212 g/mol. The summed E-state index contributed by atoms with van der Waals surface area (Å²) in [5, 5.41) is 8.66. The highest BCUT2D eigenvalue weighted by atomic mass is 16.4. The van der Waals surface area contributed by atoms with Crippen molar-refractivity contribution < 1.29 is 9.90 Å². The first kappa shape index (κ1) is 10.9. The summed E-state index contributed by atoms with van der Waals surface area (Å²) >= 11 is 0. The first-order valence-corrected chi connectivity index (χ1v) is 5.80. The molecule has 2 rings (SSSR count). The third kappa shape index (κ3) is 2.32. The molecule has 2 fully saturated rings. The van der Waals surface area contributed by atoms with E-state index in [4.69, 9.17) is 5.11 Å². The van der Waals surface area contributed by atoms with E-state index >= 15 is 0 Å². The molecule has 0 aromatic heterocycles. The highest BCUT2D eigenvalue weighted by Gasteiger charge is 2.47. The van der Waals surface area contributed by atoms with Crippen molar-refractivity contribution in [3.63, 3.8) is 0 Å². The van der Waals surface area contributed by atoms with E-state index in [1.54, 1.807) is 0 Å². The number of carbonyl (C=O) groups is 1. The van der Waals surface area contributed by atoms with Crippen molar-refractivity contribution in [1.82, 2.24) is 9.80 Å². The maximum atomic E-state index is 10.5. The van der Waals surface area contributed by atoms with Crippen molar-refractivity contribution in [2.75, 3.05) is 39.3 Å². The normalized spacial score (nSPS) is 25.7. The minimum Gasteiger partial charge on any atom is -0.480 e. The van der Waals surface area contributed by atoms with E-state index in [1.165, 1.54) is 32.5 Å². The molecule has 0 aromatic rings. The maximum Gasteiger partial charge on any atom is 0.317 e. The Hall–Kier alpha value is -0.610. The number of hydrogen-bond acceptors (Lipinski definition) is 3. The van der Waals surface area contributed by atoms with Gasteiger partial charge in [-0.3, -0.25) is 9.69 Å². The minimum absolute atomic E-state index is 0.218. The van der Waals surface area contributed by atoms with Gasteiger partial charge in [-0.15, -0.1) is 0 Å². The molecule has 0 amide bonds. The number of hydrogen-bond donors (Lipinski definition) is 1. The molecule has 0 unspecified atom stereocenters. The summed E-state index contributed by atoms with van der Waals surface area (Å²) in [7, 11) is 0. The molecule has 2 saturated heterocycles. The zero-order valence-electron chi connectivity index (χ0n) is 9.41. The molecule has 2 heterocycles. The summed E-state index contributed by atoms with van der Waals surface area (Å²) in [5.74, 6) is -0.701. The second-order valence-corrected chi connectivity index (χ2v) is 5.07. The fourth-order valence-electron chi connectivity index (χ4n) is 3.00. The van der Waals surface area contributed by atoms with E-state index in [1.807, 2.05) is 4.90 Å². The zero-order chi connectivity index (χ0) is 10.9. The molecule has 4 heteroatoms. The van der Waals surface area contributed by atoms with Crippen LogP contribution in [0.25, 0.3) is 0 Å². The molecule has 1 spiro atoms. The third-order valence-corrected chi connectivity index (χ3v) is 3.53. The molecule has 1 N–H and O–H groups in total. The van der Waals surface area contributed by atoms with Gasteiger partial charge in [0.15, 0.2) is 0 Å². The van der Waals surface area contributed by atoms with Gasteiger partial charge in [0.05, 0.1) is 6.54 Å². The van der Waals surface area contributed by atoms with Crippen LogP contribution in [0.3, 0.4) is 0 Å². The summed E-state index contributed by atoms with van der Waals surface area (Å²) in [6, 6.07) is 0. The van der Waals surface area contributed by atoms with E-state index in [0.29, 0.717) is 5.41 Å². The molecule has 0 radical (unpaired) electrons. The van der Waals surface area contributed by atoms with Crippen molar-refractivity contribution >= 4 is 5.97 Å². The Kier molecular flexibility index (Phi) is 2.98. The zero-order valence-corrected chi connectivity index (χ0v) is 9.41. The predicted molar refractivity (Wildman–Crippen MR) is 57.9 cm³/mol. The van der Waals surface area contributed by atoms with Gasteiger partial charge >= 0.3 is 5.97 Å². The van der Waals surface area contributed by atoms with Crippen molar-refractivity contribution in [1.29, 1.82) is 0 Å². The number of likely N-dealkylation sites (tertiary alicyclic amines) is 2. The van der Waals surface area contributed by atoms with E-state index in [9.17, 15) is 4.79 Å². The minimum atomic E-state index is -0.701. The van der Waals surface area contributed by atoms with Crippen molar-refractivity contribution in [3.8, 4) is 0 Å². The molecule has 0 atom stereocenters. The lowest BCUT2D eigenvalue weighted by Crippen LogP contribution is -2.58. The molecule has 86 valence electrons. The van der Waals surface area contributed by atoms with Crippen LogP contribution in [0, 0.1) is 5.41 Å². The molecule has 15 heavy (non-hydrogen) atoms. The Balaban J connectivity index is 1.75. The van der Waals surface area contributed by atoms with E-state index in [2.05, 4.69) is 11.8 Å². The monoisotopic (exact) mass is 212 g/mol. The van der Waals surface area contributed by atoms with Gasteiger partial charge in [0.25, 0.3) is 0 Å². The summed E-state index contributed by atoms with van der Waals surface area (Å²) in [6.07, 6.45) is 2.47. The van der Waals surface area contributed by atoms with E-state index in [-0.39, 0.29) is 6.54 Å². The van der Waals surface area contributed by atoms with Gasteiger partial charge in [-0.1, -0.05) is 6.92 Å². The van der Waals surface area contributed by atoms with Crippen molar-refractivity contribution in [2.24, 2.45) is 5.41 Å². The van der Waals surface area contributed by atoms with Crippen LogP contribution in [0.2, 0.25) is 0 Å². The Labute approximate surface area is 90.9 Å². The first-order valence-electron chi connectivity index (χ1n) is 5.80. The van der Waals surface area contributed by atoms with Gasteiger partial charge in [-0.05, 0) is 25.9 Å². The topological polar surface area (TPSA) is 43.8 Å². The number of carboxylic acid groups (broad SMARTS) is 1. The van der Waals surface area contributed by atoms with Gasteiger partial charge in [-0.2, -0.15) is 0 Å². The van der Waals surface area contributed by atoms with Crippen LogP contribution in [0.4, 0.5) is 0 Å².